The van der Waals surface area contributed by atoms with Crippen molar-refractivity contribution in [3.05, 3.63) is 71.8 Å². The SMILES string of the molecule is CC(C)CC(NC(=O)[C@@H](Cc1ccccc1)NC(=O)C(N)Cc1ccccc1)C(=O)NCC=O. The number of hydrogen-bond donors (Lipinski definition) is 4. The van der Waals surface area contributed by atoms with Gasteiger partial charge >= 0.3 is 0 Å². The van der Waals surface area contributed by atoms with Crippen LogP contribution in [-0.4, -0.2) is 48.7 Å². The lowest BCUT2D eigenvalue weighted by Gasteiger charge is -2.25. The Morgan fingerprint density at radius 2 is 1.32 bits per heavy atom. The van der Waals surface area contributed by atoms with E-state index in [1.807, 2.05) is 74.5 Å². The zero-order valence-corrected chi connectivity index (χ0v) is 19.7. The van der Waals surface area contributed by atoms with Gasteiger partial charge in [-0.05, 0) is 29.9 Å². The number of benzene rings is 2. The summed E-state index contributed by atoms with van der Waals surface area (Å²) in [5, 5.41) is 8.00. The molecule has 0 aliphatic carbocycles. The molecule has 2 unspecified atom stereocenters. The molecule has 0 saturated heterocycles. The van der Waals surface area contributed by atoms with E-state index in [4.69, 9.17) is 5.73 Å². The molecule has 0 heterocycles. The van der Waals surface area contributed by atoms with Crippen LogP contribution in [0, 0.1) is 5.92 Å². The van der Waals surface area contributed by atoms with Gasteiger partial charge in [-0.25, -0.2) is 0 Å². The van der Waals surface area contributed by atoms with Crippen molar-refractivity contribution in [1.82, 2.24) is 16.0 Å². The van der Waals surface area contributed by atoms with Crippen molar-refractivity contribution in [3.63, 3.8) is 0 Å². The van der Waals surface area contributed by atoms with Crippen LogP contribution >= 0.6 is 0 Å². The quantitative estimate of drug-likeness (QED) is 0.329. The van der Waals surface area contributed by atoms with E-state index in [0.29, 0.717) is 19.1 Å². The highest BCUT2D eigenvalue weighted by Gasteiger charge is 2.28. The summed E-state index contributed by atoms with van der Waals surface area (Å²) in [6, 6.07) is 16.1. The van der Waals surface area contributed by atoms with Gasteiger partial charge in [0.2, 0.25) is 17.7 Å². The number of nitrogens with one attached hydrogen (secondary N) is 3. The van der Waals surface area contributed by atoms with E-state index in [0.717, 1.165) is 11.1 Å². The first-order valence-corrected chi connectivity index (χ1v) is 11.5. The zero-order chi connectivity index (χ0) is 24.9. The maximum Gasteiger partial charge on any atom is 0.243 e. The Balaban J connectivity index is 2.15. The highest BCUT2D eigenvalue weighted by molar-refractivity contribution is 5.93. The minimum absolute atomic E-state index is 0.119. The van der Waals surface area contributed by atoms with E-state index < -0.39 is 35.8 Å². The molecule has 0 fully saturated rings. The van der Waals surface area contributed by atoms with E-state index in [1.54, 1.807) is 0 Å². The predicted octanol–water partition coefficient (Wildman–Crippen LogP) is 1.13. The summed E-state index contributed by atoms with van der Waals surface area (Å²) < 4.78 is 0. The summed E-state index contributed by atoms with van der Waals surface area (Å²) in [6.07, 6.45) is 1.53. The fraction of sp³-hybridized carbons (Fsp3) is 0.385. The molecular weight excluding hydrogens is 432 g/mol. The molecule has 0 radical (unpaired) electrons. The van der Waals surface area contributed by atoms with Crippen LogP contribution in [0.4, 0.5) is 0 Å². The second-order valence-corrected chi connectivity index (χ2v) is 8.65. The normalized spacial score (nSPS) is 13.4. The number of carbonyl (C=O) groups is 4. The minimum Gasteiger partial charge on any atom is -0.348 e. The average Bonchev–Trinajstić information content (AvgIpc) is 2.82. The number of nitrogens with two attached hydrogens (primary N) is 1. The van der Waals surface area contributed by atoms with Crippen molar-refractivity contribution in [2.75, 3.05) is 6.54 Å². The van der Waals surface area contributed by atoms with Gasteiger partial charge in [-0.1, -0.05) is 74.5 Å². The number of carbonyl (C=O) groups excluding carboxylic acids is 4. The van der Waals surface area contributed by atoms with E-state index >= 15 is 0 Å². The summed E-state index contributed by atoms with van der Waals surface area (Å²) in [7, 11) is 0. The van der Waals surface area contributed by atoms with Gasteiger partial charge in [-0.15, -0.1) is 0 Å². The average molecular weight is 467 g/mol. The summed E-state index contributed by atoms with van der Waals surface area (Å²) in [5.41, 5.74) is 7.89. The molecule has 5 N–H and O–H groups in total. The smallest absolute Gasteiger partial charge is 0.243 e. The predicted molar refractivity (Wildman–Crippen MR) is 131 cm³/mol. The number of rotatable bonds is 13. The third kappa shape index (κ3) is 9.15. The lowest BCUT2D eigenvalue weighted by molar-refractivity contribution is -0.132. The molecule has 0 aliphatic heterocycles. The van der Waals surface area contributed by atoms with Gasteiger partial charge in [0.15, 0.2) is 0 Å². The first-order chi connectivity index (χ1) is 16.3. The summed E-state index contributed by atoms with van der Waals surface area (Å²) >= 11 is 0. The van der Waals surface area contributed by atoms with Gasteiger partial charge < -0.3 is 26.5 Å². The Morgan fingerprint density at radius 1 is 0.794 bits per heavy atom. The van der Waals surface area contributed by atoms with Gasteiger partial charge in [0, 0.05) is 6.42 Å². The van der Waals surface area contributed by atoms with E-state index in [-0.39, 0.29) is 18.9 Å². The van der Waals surface area contributed by atoms with Crippen molar-refractivity contribution < 1.29 is 19.2 Å². The molecular formula is C26H34N4O4. The van der Waals surface area contributed by atoms with Gasteiger partial charge in [-0.2, -0.15) is 0 Å². The van der Waals surface area contributed by atoms with Crippen LogP contribution in [0.2, 0.25) is 0 Å². The summed E-state index contributed by atoms with van der Waals surface area (Å²) in [4.78, 5) is 49.2. The Hall–Kier alpha value is -3.52. The van der Waals surface area contributed by atoms with Crippen LogP contribution in [-0.2, 0) is 32.0 Å². The number of aldehydes is 1. The van der Waals surface area contributed by atoms with Crippen molar-refractivity contribution >= 4 is 24.0 Å². The van der Waals surface area contributed by atoms with E-state index in [1.165, 1.54) is 0 Å². The maximum absolute atomic E-state index is 13.2. The first-order valence-electron chi connectivity index (χ1n) is 11.5. The van der Waals surface area contributed by atoms with Crippen molar-refractivity contribution in [1.29, 1.82) is 0 Å². The first kappa shape index (κ1) is 26.7. The number of amides is 3. The van der Waals surface area contributed by atoms with Crippen LogP contribution in [0.25, 0.3) is 0 Å². The van der Waals surface area contributed by atoms with Gasteiger partial charge in [0.05, 0.1) is 12.6 Å². The van der Waals surface area contributed by atoms with Crippen molar-refractivity contribution in [2.24, 2.45) is 11.7 Å². The van der Waals surface area contributed by atoms with Crippen LogP contribution in [0.15, 0.2) is 60.7 Å². The molecule has 3 amide bonds. The molecule has 0 aromatic heterocycles. The summed E-state index contributed by atoms with van der Waals surface area (Å²) in [5.74, 6) is -1.27. The molecule has 0 saturated carbocycles. The molecule has 8 heteroatoms. The molecule has 34 heavy (non-hydrogen) atoms. The molecule has 2 aromatic carbocycles. The largest absolute Gasteiger partial charge is 0.348 e. The lowest BCUT2D eigenvalue weighted by atomic mass is 10.0. The molecule has 0 bridgehead atoms. The molecule has 182 valence electrons. The van der Waals surface area contributed by atoms with Crippen molar-refractivity contribution in [3.8, 4) is 0 Å². The Bertz CT molecular complexity index is 934. The Kier molecular flexibility index (Phi) is 10.9. The molecule has 8 nitrogen and oxygen atoms in total. The molecule has 2 rings (SSSR count). The van der Waals surface area contributed by atoms with Crippen LogP contribution < -0.4 is 21.7 Å². The monoisotopic (exact) mass is 466 g/mol. The van der Waals surface area contributed by atoms with Gasteiger partial charge in [0.1, 0.15) is 18.4 Å². The minimum atomic E-state index is -0.926. The second-order valence-electron chi connectivity index (χ2n) is 8.65. The molecule has 2 aromatic rings. The molecule has 0 spiro atoms. The standard InChI is InChI=1S/C26H34N4O4/c1-18(2)15-22(25(33)28-13-14-31)30-26(34)23(17-20-11-7-4-8-12-20)29-24(32)21(27)16-19-9-5-3-6-10-19/h3-12,14,18,21-23H,13,15-17,27H2,1-2H3,(H,28,33)(H,29,32)(H,30,34)/t21?,22?,23-/m1/s1. The second kappa shape index (κ2) is 13.9. The highest BCUT2D eigenvalue weighted by atomic mass is 16.2. The Labute approximate surface area is 200 Å². The summed E-state index contributed by atoms with van der Waals surface area (Å²) in [6.45, 7) is 3.72. The van der Waals surface area contributed by atoms with E-state index in [2.05, 4.69) is 16.0 Å². The van der Waals surface area contributed by atoms with Crippen LogP contribution in [0.3, 0.4) is 0 Å². The topological polar surface area (TPSA) is 130 Å². The van der Waals surface area contributed by atoms with Crippen LogP contribution in [0.1, 0.15) is 31.4 Å². The molecule has 3 atom stereocenters. The zero-order valence-electron chi connectivity index (χ0n) is 19.7. The third-order valence-electron chi connectivity index (χ3n) is 5.25. The fourth-order valence-corrected chi connectivity index (χ4v) is 3.54. The Morgan fingerprint density at radius 3 is 1.85 bits per heavy atom. The molecule has 0 aliphatic rings. The van der Waals surface area contributed by atoms with Gasteiger partial charge in [0.25, 0.3) is 0 Å². The van der Waals surface area contributed by atoms with E-state index in [9.17, 15) is 19.2 Å². The number of hydrogen-bond acceptors (Lipinski definition) is 5. The van der Waals surface area contributed by atoms with Crippen LogP contribution in [0.5, 0.6) is 0 Å². The fourth-order valence-electron chi connectivity index (χ4n) is 3.54. The lowest BCUT2D eigenvalue weighted by Crippen LogP contribution is -2.57. The van der Waals surface area contributed by atoms with Gasteiger partial charge in [-0.3, -0.25) is 14.4 Å². The van der Waals surface area contributed by atoms with Crippen molar-refractivity contribution in [2.45, 2.75) is 51.2 Å². The third-order valence-corrected chi connectivity index (χ3v) is 5.25. The maximum atomic E-state index is 13.2. The highest BCUT2D eigenvalue weighted by Crippen LogP contribution is 2.09.